The second kappa shape index (κ2) is 5.69. The topological polar surface area (TPSA) is 26.0 Å². The molecule has 0 aliphatic carbocycles. The highest BCUT2D eigenvalue weighted by Gasteiger charge is 2.31. The molecule has 0 bridgehead atoms. The quantitative estimate of drug-likeness (QED) is 0.822. The van der Waals surface area contributed by atoms with Crippen LogP contribution in [-0.4, -0.2) is 6.04 Å². The first-order chi connectivity index (χ1) is 8.20. The Morgan fingerprint density at radius 3 is 2.33 bits per heavy atom. The normalized spacial score (nSPS) is 15.5. The minimum absolute atomic E-state index is 0.0444. The molecule has 0 saturated heterocycles. The third kappa shape index (κ3) is 4.29. The highest BCUT2D eigenvalue weighted by atomic mass is 19.4. The van der Waals surface area contributed by atoms with E-state index in [0.29, 0.717) is 6.42 Å². The van der Waals surface area contributed by atoms with Gasteiger partial charge in [-0.2, -0.15) is 13.2 Å². The Labute approximate surface area is 104 Å². The number of alkyl halides is 3. The van der Waals surface area contributed by atoms with Crippen molar-refractivity contribution in [2.75, 3.05) is 0 Å². The van der Waals surface area contributed by atoms with E-state index in [4.69, 9.17) is 5.73 Å². The maximum Gasteiger partial charge on any atom is 0.416 e. The van der Waals surface area contributed by atoms with Gasteiger partial charge in [-0.25, -0.2) is 4.39 Å². The number of halogens is 4. The van der Waals surface area contributed by atoms with Crippen molar-refractivity contribution in [2.45, 2.75) is 38.9 Å². The van der Waals surface area contributed by atoms with E-state index in [2.05, 4.69) is 0 Å². The minimum atomic E-state index is -4.44. The van der Waals surface area contributed by atoms with E-state index < -0.39 is 17.6 Å². The van der Waals surface area contributed by atoms with Gasteiger partial charge < -0.3 is 5.73 Å². The Morgan fingerprint density at radius 1 is 1.22 bits per heavy atom. The van der Waals surface area contributed by atoms with Crippen molar-refractivity contribution >= 4 is 0 Å². The van der Waals surface area contributed by atoms with Crippen molar-refractivity contribution in [3.63, 3.8) is 0 Å². The average molecular weight is 263 g/mol. The smallest absolute Gasteiger partial charge is 0.328 e. The highest BCUT2D eigenvalue weighted by Crippen LogP contribution is 2.31. The fourth-order valence-electron chi connectivity index (χ4n) is 2.00. The van der Waals surface area contributed by atoms with Crippen LogP contribution < -0.4 is 5.73 Å². The van der Waals surface area contributed by atoms with Crippen LogP contribution in [0.3, 0.4) is 0 Å². The summed E-state index contributed by atoms with van der Waals surface area (Å²) in [5, 5.41) is 0. The summed E-state index contributed by atoms with van der Waals surface area (Å²) in [5.41, 5.74) is 4.89. The van der Waals surface area contributed by atoms with Crippen LogP contribution in [-0.2, 0) is 12.6 Å². The lowest BCUT2D eigenvalue weighted by Gasteiger charge is -2.15. The van der Waals surface area contributed by atoms with E-state index in [9.17, 15) is 17.6 Å². The molecule has 1 nitrogen and oxygen atoms in total. The molecule has 0 fully saturated rings. The van der Waals surface area contributed by atoms with Crippen molar-refractivity contribution in [3.05, 3.63) is 35.1 Å². The first-order valence-electron chi connectivity index (χ1n) is 5.81. The summed E-state index contributed by atoms with van der Waals surface area (Å²) in [5.74, 6) is -0.553. The first-order valence-corrected chi connectivity index (χ1v) is 5.81. The monoisotopic (exact) mass is 263 g/mol. The van der Waals surface area contributed by atoms with Crippen molar-refractivity contribution in [2.24, 2.45) is 11.7 Å². The summed E-state index contributed by atoms with van der Waals surface area (Å²) in [6.45, 7) is 3.67. The van der Waals surface area contributed by atoms with Crippen LogP contribution in [0.2, 0.25) is 0 Å². The second-order valence-electron chi connectivity index (χ2n) is 4.83. The highest BCUT2D eigenvalue weighted by molar-refractivity contribution is 5.27. The van der Waals surface area contributed by atoms with Gasteiger partial charge in [-0.05, 0) is 49.4 Å². The largest absolute Gasteiger partial charge is 0.416 e. The van der Waals surface area contributed by atoms with Gasteiger partial charge in [0.05, 0.1) is 5.56 Å². The Hall–Kier alpha value is -1.10. The molecule has 18 heavy (non-hydrogen) atoms. The standard InChI is InChI=1S/C13H17F4N/c1-8(5-9(2)18)6-10-7-11(13(15,16)17)3-4-12(10)14/h3-4,7-9H,5-6,18H2,1-2H3/t8-,9+/m1/s1. The van der Waals surface area contributed by atoms with Gasteiger partial charge in [-0.1, -0.05) is 6.92 Å². The van der Waals surface area contributed by atoms with Crippen molar-refractivity contribution in [1.29, 1.82) is 0 Å². The lowest BCUT2D eigenvalue weighted by atomic mass is 9.94. The summed E-state index contributed by atoms with van der Waals surface area (Å²) in [7, 11) is 0. The summed E-state index contributed by atoms with van der Waals surface area (Å²) in [6, 6.07) is 2.47. The zero-order chi connectivity index (χ0) is 13.9. The lowest BCUT2D eigenvalue weighted by molar-refractivity contribution is -0.137. The van der Waals surface area contributed by atoms with Crippen molar-refractivity contribution < 1.29 is 17.6 Å². The molecule has 0 unspecified atom stereocenters. The van der Waals surface area contributed by atoms with Crippen LogP contribution >= 0.6 is 0 Å². The van der Waals surface area contributed by atoms with Gasteiger partial charge in [0.25, 0.3) is 0 Å². The van der Waals surface area contributed by atoms with Crippen LogP contribution in [0.4, 0.5) is 17.6 Å². The maximum atomic E-state index is 13.5. The van der Waals surface area contributed by atoms with Gasteiger partial charge in [-0.15, -0.1) is 0 Å². The molecule has 0 aromatic heterocycles. The summed E-state index contributed by atoms with van der Waals surface area (Å²) in [4.78, 5) is 0. The van der Waals surface area contributed by atoms with E-state index in [1.807, 2.05) is 13.8 Å². The number of benzene rings is 1. The molecule has 1 aromatic carbocycles. The van der Waals surface area contributed by atoms with E-state index in [1.165, 1.54) is 0 Å². The van der Waals surface area contributed by atoms with Crippen LogP contribution in [0.15, 0.2) is 18.2 Å². The molecule has 0 saturated carbocycles. The van der Waals surface area contributed by atoms with Crippen LogP contribution in [0.1, 0.15) is 31.4 Å². The Balaban J connectivity index is 2.88. The van der Waals surface area contributed by atoms with Crippen molar-refractivity contribution in [1.82, 2.24) is 0 Å². The second-order valence-corrected chi connectivity index (χ2v) is 4.83. The molecule has 1 aromatic rings. The van der Waals surface area contributed by atoms with Gasteiger partial charge in [0.2, 0.25) is 0 Å². The molecule has 0 aliphatic heterocycles. The first kappa shape index (κ1) is 15.0. The number of rotatable bonds is 4. The van der Waals surface area contributed by atoms with Crippen molar-refractivity contribution in [3.8, 4) is 0 Å². The van der Waals surface area contributed by atoms with Crippen LogP contribution in [0.5, 0.6) is 0 Å². The SMILES string of the molecule is C[C@@H](Cc1cc(C(F)(F)F)ccc1F)C[C@H](C)N. The molecular formula is C13H17F4N. The molecule has 0 amide bonds. The predicted molar refractivity (Wildman–Crippen MR) is 62.5 cm³/mol. The zero-order valence-corrected chi connectivity index (χ0v) is 10.4. The van der Waals surface area contributed by atoms with Gasteiger partial charge in [0.15, 0.2) is 0 Å². The molecule has 5 heteroatoms. The van der Waals surface area contributed by atoms with E-state index in [1.54, 1.807) is 0 Å². The average Bonchev–Trinajstić information content (AvgIpc) is 2.18. The molecule has 2 N–H and O–H groups in total. The molecule has 0 radical (unpaired) electrons. The fraction of sp³-hybridized carbons (Fsp3) is 0.538. The molecule has 0 spiro atoms. The third-order valence-electron chi connectivity index (χ3n) is 2.72. The maximum absolute atomic E-state index is 13.5. The summed E-state index contributed by atoms with van der Waals surface area (Å²) >= 11 is 0. The zero-order valence-electron chi connectivity index (χ0n) is 10.4. The van der Waals surface area contributed by atoms with Gasteiger partial charge in [0.1, 0.15) is 5.82 Å². The van der Waals surface area contributed by atoms with Crippen LogP contribution in [0.25, 0.3) is 0 Å². The Morgan fingerprint density at radius 2 is 1.83 bits per heavy atom. The van der Waals surface area contributed by atoms with E-state index in [-0.39, 0.29) is 23.9 Å². The summed E-state index contributed by atoms with van der Waals surface area (Å²) in [6.07, 6.45) is -3.53. The molecule has 1 rings (SSSR count). The molecule has 0 heterocycles. The van der Waals surface area contributed by atoms with Crippen LogP contribution in [0, 0.1) is 11.7 Å². The molecular weight excluding hydrogens is 246 g/mol. The predicted octanol–water partition coefficient (Wildman–Crippen LogP) is 3.76. The third-order valence-corrected chi connectivity index (χ3v) is 2.72. The minimum Gasteiger partial charge on any atom is -0.328 e. The molecule has 2 atom stereocenters. The molecule has 0 aliphatic rings. The lowest BCUT2D eigenvalue weighted by Crippen LogP contribution is -2.19. The van der Waals surface area contributed by atoms with Gasteiger partial charge in [0, 0.05) is 6.04 Å². The fourth-order valence-corrected chi connectivity index (χ4v) is 2.00. The van der Waals surface area contributed by atoms with Gasteiger partial charge in [-0.3, -0.25) is 0 Å². The number of hydrogen-bond acceptors (Lipinski definition) is 1. The Kier molecular flexibility index (Phi) is 4.73. The van der Waals surface area contributed by atoms with E-state index in [0.717, 1.165) is 18.2 Å². The molecule has 102 valence electrons. The summed E-state index contributed by atoms with van der Waals surface area (Å²) < 4.78 is 51.0. The van der Waals surface area contributed by atoms with E-state index >= 15 is 0 Å². The number of hydrogen-bond donors (Lipinski definition) is 1. The number of nitrogens with two attached hydrogens (primary N) is 1. The Bertz CT molecular complexity index is 398. The van der Waals surface area contributed by atoms with Gasteiger partial charge >= 0.3 is 6.18 Å².